The standard InChI is InChI=1S/C26H20N2O5/c1-15-12-21(27-33-15)28-23(16-6-4-3-5-7-16)22(25(30)26(28)31)24(29)19-9-8-18-14-20(32-2)11-10-17(18)13-19/h3-14,23,29H,1-2H3/b24-22+. The Hall–Kier alpha value is -4.39. The Morgan fingerprint density at radius 2 is 1.73 bits per heavy atom. The monoisotopic (exact) mass is 440 g/mol. The number of aliphatic hydroxyl groups is 1. The molecule has 4 aromatic rings. The van der Waals surface area contributed by atoms with Crippen LogP contribution < -0.4 is 9.64 Å². The Morgan fingerprint density at radius 3 is 2.42 bits per heavy atom. The van der Waals surface area contributed by atoms with Crippen LogP contribution in [-0.2, 0) is 9.59 Å². The summed E-state index contributed by atoms with van der Waals surface area (Å²) in [6, 6.07) is 20.7. The number of hydrogen-bond acceptors (Lipinski definition) is 6. The zero-order chi connectivity index (χ0) is 23.1. The molecule has 5 rings (SSSR count). The minimum absolute atomic E-state index is 0.000264. The molecule has 0 radical (unpaired) electrons. The first-order chi connectivity index (χ1) is 16.0. The van der Waals surface area contributed by atoms with Gasteiger partial charge in [0.2, 0.25) is 0 Å². The number of Topliss-reactive ketones (excluding diaryl/α,β-unsaturated/α-hetero) is 1. The number of benzene rings is 3. The molecule has 7 nitrogen and oxygen atoms in total. The second kappa shape index (κ2) is 7.94. The third-order valence-corrected chi connectivity index (χ3v) is 5.74. The lowest BCUT2D eigenvalue weighted by Gasteiger charge is -2.22. The second-order valence-corrected chi connectivity index (χ2v) is 7.80. The molecule has 1 unspecified atom stereocenters. The van der Waals surface area contributed by atoms with E-state index in [1.807, 2.05) is 42.5 Å². The minimum atomic E-state index is -0.845. The lowest BCUT2D eigenvalue weighted by Crippen LogP contribution is -2.29. The molecule has 1 aromatic heterocycles. The molecular weight excluding hydrogens is 420 g/mol. The molecule has 1 aliphatic heterocycles. The number of hydrogen-bond donors (Lipinski definition) is 1. The first kappa shape index (κ1) is 20.5. The van der Waals surface area contributed by atoms with Crippen LogP contribution in [0.15, 0.2) is 82.9 Å². The van der Waals surface area contributed by atoms with Crippen LogP contribution in [-0.4, -0.2) is 29.1 Å². The molecule has 1 amide bonds. The van der Waals surface area contributed by atoms with Crippen LogP contribution in [0.5, 0.6) is 5.75 Å². The number of methoxy groups -OCH3 is 1. The number of carbonyl (C=O) groups excluding carboxylic acids is 2. The van der Waals surface area contributed by atoms with Gasteiger partial charge in [0.15, 0.2) is 5.82 Å². The summed E-state index contributed by atoms with van der Waals surface area (Å²) in [6.07, 6.45) is 0. The molecule has 1 N–H and O–H groups in total. The SMILES string of the molecule is COc1ccc2cc(/C(O)=C3\C(=O)C(=O)N(c4cc(C)on4)C3c3ccccc3)ccc2c1. The van der Waals surface area contributed by atoms with Gasteiger partial charge in [0, 0.05) is 11.6 Å². The molecule has 1 atom stereocenters. The quantitative estimate of drug-likeness (QED) is 0.279. The van der Waals surface area contributed by atoms with Gasteiger partial charge in [0.25, 0.3) is 5.78 Å². The predicted octanol–water partition coefficient (Wildman–Crippen LogP) is 4.77. The summed E-state index contributed by atoms with van der Waals surface area (Å²) in [7, 11) is 1.60. The summed E-state index contributed by atoms with van der Waals surface area (Å²) in [5.41, 5.74) is 1.10. The number of aliphatic hydroxyl groups excluding tert-OH is 1. The fourth-order valence-corrected chi connectivity index (χ4v) is 4.14. The molecule has 0 bridgehead atoms. The zero-order valence-electron chi connectivity index (χ0n) is 18.0. The van der Waals surface area contributed by atoms with Crippen molar-refractivity contribution in [1.29, 1.82) is 0 Å². The van der Waals surface area contributed by atoms with Gasteiger partial charge in [-0.15, -0.1) is 0 Å². The third kappa shape index (κ3) is 3.43. The first-order valence-corrected chi connectivity index (χ1v) is 10.4. The summed E-state index contributed by atoms with van der Waals surface area (Å²) >= 11 is 0. The van der Waals surface area contributed by atoms with E-state index in [4.69, 9.17) is 9.26 Å². The maximum absolute atomic E-state index is 13.2. The Balaban J connectivity index is 1.69. The number of ketones is 1. The van der Waals surface area contributed by atoms with Crippen LogP contribution in [0.3, 0.4) is 0 Å². The Morgan fingerprint density at radius 1 is 1.00 bits per heavy atom. The molecular formula is C26H20N2O5. The topological polar surface area (TPSA) is 92.9 Å². The van der Waals surface area contributed by atoms with Gasteiger partial charge < -0.3 is 14.4 Å². The van der Waals surface area contributed by atoms with Gasteiger partial charge in [-0.05, 0) is 41.5 Å². The van der Waals surface area contributed by atoms with Crippen molar-refractivity contribution in [2.75, 3.05) is 12.0 Å². The van der Waals surface area contributed by atoms with Crippen LogP contribution in [0, 0.1) is 6.92 Å². The highest BCUT2D eigenvalue weighted by atomic mass is 16.5. The lowest BCUT2D eigenvalue weighted by atomic mass is 9.94. The van der Waals surface area contributed by atoms with E-state index in [0.717, 1.165) is 16.5 Å². The molecule has 1 saturated heterocycles. The summed E-state index contributed by atoms with van der Waals surface area (Å²) in [4.78, 5) is 27.5. The molecule has 164 valence electrons. The van der Waals surface area contributed by atoms with Gasteiger partial charge >= 0.3 is 5.91 Å². The normalized spacial score (nSPS) is 17.6. The van der Waals surface area contributed by atoms with Crippen LogP contribution >= 0.6 is 0 Å². The summed E-state index contributed by atoms with van der Waals surface area (Å²) in [5.74, 6) is -0.363. The van der Waals surface area contributed by atoms with E-state index >= 15 is 0 Å². The molecule has 0 spiro atoms. The number of aryl methyl sites for hydroxylation is 1. The van der Waals surface area contributed by atoms with Crippen LogP contribution in [0.2, 0.25) is 0 Å². The number of carbonyl (C=O) groups is 2. The van der Waals surface area contributed by atoms with Crippen molar-refractivity contribution in [3.05, 3.63) is 95.3 Å². The van der Waals surface area contributed by atoms with Gasteiger partial charge in [-0.3, -0.25) is 14.5 Å². The van der Waals surface area contributed by atoms with E-state index in [0.29, 0.717) is 16.9 Å². The third-order valence-electron chi connectivity index (χ3n) is 5.74. The highest BCUT2D eigenvalue weighted by Gasteiger charge is 2.48. The Kier molecular flexibility index (Phi) is 4.94. The fraction of sp³-hybridized carbons (Fsp3) is 0.115. The minimum Gasteiger partial charge on any atom is -0.507 e. The maximum atomic E-state index is 13.2. The van der Waals surface area contributed by atoms with E-state index in [9.17, 15) is 14.7 Å². The van der Waals surface area contributed by atoms with Crippen LogP contribution in [0.1, 0.15) is 22.9 Å². The number of aromatic nitrogens is 1. The number of amides is 1. The number of rotatable bonds is 4. The predicted molar refractivity (Wildman–Crippen MR) is 123 cm³/mol. The van der Waals surface area contributed by atoms with Crippen molar-refractivity contribution in [2.24, 2.45) is 0 Å². The number of anilines is 1. The van der Waals surface area contributed by atoms with E-state index in [2.05, 4.69) is 5.16 Å². The number of fused-ring (bicyclic) bond motifs is 1. The van der Waals surface area contributed by atoms with Crippen molar-refractivity contribution in [3.8, 4) is 5.75 Å². The molecule has 1 aliphatic rings. The van der Waals surface area contributed by atoms with Gasteiger partial charge in [-0.25, -0.2) is 0 Å². The summed E-state index contributed by atoms with van der Waals surface area (Å²) < 4.78 is 10.4. The largest absolute Gasteiger partial charge is 0.507 e. The van der Waals surface area contributed by atoms with Gasteiger partial charge in [-0.1, -0.05) is 53.7 Å². The van der Waals surface area contributed by atoms with E-state index in [-0.39, 0.29) is 17.2 Å². The molecule has 1 fully saturated rings. The fourth-order valence-electron chi connectivity index (χ4n) is 4.14. The average molecular weight is 440 g/mol. The Labute approximate surface area is 189 Å². The van der Waals surface area contributed by atoms with E-state index < -0.39 is 17.7 Å². The van der Waals surface area contributed by atoms with Crippen LogP contribution in [0.25, 0.3) is 16.5 Å². The van der Waals surface area contributed by atoms with Crippen LogP contribution in [0.4, 0.5) is 5.82 Å². The molecule has 3 aromatic carbocycles. The number of ether oxygens (including phenoxy) is 1. The average Bonchev–Trinajstić information content (AvgIpc) is 3.38. The van der Waals surface area contributed by atoms with Crippen molar-refractivity contribution in [1.82, 2.24) is 5.16 Å². The van der Waals surface area contributed by atoms with Crippen molar-refractivity contribution in [2.45, 2.75) is 13.0 Å². The zero-order valence-corrected chi connectivity index (χ0v) is 18.0. The highest BCUT2D eigenvalue weighted by molar-refractivity contribution is 6.51. The van der Waals surface area contributed by atoms with Crippen molar-refractivity contribution in [3.63, 3.8) is 0 Å². The Bertz CT molecular complexity index is 1420. The second-order valence-electron chi connectivity index (χ2n) is 7.80. The highest BCUT2D eigenvalue weighted by Crippen LogP contribution is 2.42. The number of nitrogens with zero attached hydrogens (tertiary/aromatic N) is 2. The molecule has 0 saturated carbocycles. The first-order valence-electron chi connectivity index (χ1n) is 10.4. The maximum Gasteiger partial charge on any atom is 0.301 e. The smallest absolute Gasteiger partial charge is 0.301 e. The lowest BCUT2D eigenvalue weighted by molar-refractivity contribution is -0.132. The molecule has 0 aliphatic carbocycles. The molecule has 7 heteroatoms. The van der Waals surface area contributed by atoms with Gasteiger partial charge in [-0.2, -0.15) is 0 Å². The molecule has 2 heterocycles. The van der Waals surface area contributed by atoms with Gasteiger partial charge in [0.05, 0.1) is 18.7 Å². The summed E-state index contributed by atoms with van der Waals surface area (Å²) in [6.45, 7) is 1.70. The summed E-state index contributed by atoms with van der Waals surface area (Å²) in [5, 5.41) is 17.0. The van der Waals surface area contributed by atoms with E-state index in [1.165, 1.54) is 4.90 Å². The molecule has 33 heavy (non-hydrogen) atoms. The van der Waals surface area contributed by atoms with E-state index in [1.54, 1.807) is 44.4 Å². The van der Waals surface area contributed by atoms with Crippen molar-refractivity contribution < 1.29 is 24.0 Å². The van der Waals surface area contributed by atoms with Gasteiger partial charge in [0.1, 0.15) is 17.3 Å². The van der Waals surface area contributed by atoms with Crippen molar-refractivity contribution >= 4 is 34.0 Å².